The van der Waals surface area contributed by atoms with Crippen molar-refractivity contribution in [3.8, 4) is 0 Å². The molecule has 0 amide bonds. The monoisotopic (exact) mass is 192 g/mol. The van der Waals surface area contributed by atoms with Crippen molar-refractivity contribution < 1.29 is 0 Å². The zero-order valence-corrected chi connectivity index (χ0v) is 8.59. The lowest BCUT2D eigenvalue weighted by atomic mass is 9.33. The Morgan fingerprint density at radius 3 is 3.13 bits per heavy atom. The molecule has 0 aliphatic heterocycles. The lowest BCUT2D eigenvalue weighted by Crippen LogP contribution is -2.63. The van der Waals surface area contributed by atoms with E-state index in [-0.39, 0.29) is 0 Å². The largest absolute Gasteiger partial charge is 0.0546 e. The van der Waals surface area contributed by atoms with Gasteiger partial charge < -0.3 is 0 Å². The molecular formula is C15H12. The van der Waals surface area contributed by atoms with E-state index in [2.05, 4.69) is 12.1 Å². The van der Waals surface area contributed by atoms with E-state index in [9.17, 15) is 0 Å². The average molecular weight is 192 g/mol. The van der Waals surface area contributed by atoms with Gasteiger partial charge in [-0.05, 0) is 64.7 Å². The highest BCUT2D eigenvalue weighted by Gasteiger charge is 2.85. The van der Waals surface area contributed by atoms with E-state index >= 15 is 0 Å². The van der Waals surface area contributed by atoms with Crippen molar-refractivity contribution in [1.29, 1.82) is 0 Å². The van der Waals surface area contributed by atoms with Gasteiger partial charge in [0, 0.05) is 11.3 Å². The Balaban J connectivity index is 1.94. The summed E-state index contributed by atoms with van der Waals surface area (Å²) in [5.41, 5.74) is 8.85. The minimum atomic E-state index is 0.727. The Hall–Kier alpha value is -0.780. The Morgan fingerprint density at radius 2 is 2.13 bits per heavy atom. The summed E-state index contributed by atoms with van der Waals surface area (Å²) in [6.07, 6.45) is 4.75. The van der Waals surface area contributed by atoms with Gasteiger partial charge in [0.1, 0.15) is 0 Å². The Kier molecular flexibility index (Phi) is 0.495. The van der Waals surface area contributed by atoms with Gasteiger partial charge in [0.2, 0.25) is 0 Å². The van der Waals surface area contributed by atoms with Crippen LogP contribution in [0.2, 0.25) is 0 Å². The van der Waals surface area contributed by atoms with Crippen LogP contribution in [0, 0.1) is 11.3 Å². The minimum absolute atomic E-state index is 0.727. The van der Waals surface area contributed by atoms with Gasteiger partial charge in [0.15, 0.2) is 0 Å². The van der Waals surface area contributed by atoms with Crippen LogP contribution in [0.3, 0.4) is 0 Å². The van der Waals surface area contributed by atoms with Crippen LogP contribution in [0.15, 0.2) is 12.1 Å². The summed E-state index contributed by atoms with van der Waals surface area (Å²) in [6, 6.07) is 5.26. The molecule has 1 aromatic rings. The second-order valence-corrected chi connectivity index (χ2v) is 7.18. The molecule has 0 heterocycles. The quantitative estimate of drug-likeness (QED) is 0.592. The summed E-state index contributed by atoms with van der Waals surface area (Å²) in [7, 11) is 0. The average Bonchev–Trinajstić information content (AvgIpc) is 2.54. The van der Waals surface area contributed by atoms with Crippen molar-refractivity contribution in [3.05, 3.63) is 34.4 Å². The van der Waals surface area contributed by atoms with Gasteiger partial charge >= 0.3 is 0 Å². The summed E-state index contributed by atoms with van der Waals surface area (Å²) in [4.78, 5) is 0. The molecule has 72 valence electrons. The second-order valence-electron chi connectivity index (χ2n) is 7.18. The van der Waals surface area contributed by atoms with E-state index in [1.54, 1.807) is 19.3 Å². The molecule has 2 spiro atoms. The molecule has 0 N–H and O–H groups in total. The third-order valence-corrected chi connectivity index (χ3v) is 7.39. The van der Waals surface area contributed by atoms with E-state index in [4.69, 9.17) is 0 Å². The van der Waals surface area contributed by atoms with Crippen molar-refractivity contribution in [2.45, 2.75) is 42.4 Å². The zero-order chi connectivity index (χ0) is 9.15. The van der Waals surface area contributed by atoms with Gasteiger partial charge in [-0.3, -0.25) is 0 Å². The van der Waals surface area contributed by atoms with Gasteiger partial charge in [-0.1, -0.05) is 12.1 Å². The van der Waals surface area contributed by atoms with E-state index in [1.165, 1.54) is 0 Å². The van der Waals surface area contributed by atoms with Gasteiger partial charge in [0.05, 0.1) is 0 Å². The van der Waals surface area contributed by atoms with E-state index < -0.39 is 0 Å². The van der Waals surface area contributed by atoms with Crippen LogP contribution in [-0.2, 0) is 5.41 Å². The highest BCUT2D eigenvalue weighted by atomic mass is 14.9. The summed E-state index contributed by atoms with van der Waals surface area (Å²) in [5, 5.41) is 0. The third-order valence-electron chi connectivity index (χ3n) is 7.39. The molecule has 15 heavy (non-hydrogen) atoms. The Labute approximate surface area is 88.7 Å². The Bertz CT molecular complexity index is 613. The highest BCUT2D eigenvalue weighted by Crippen LogP contribution is 2.94. The first-order valence-corrected chi connectivity index (χ1v) is 6.54. The van der Waals surface area contributed by atoms with Crippen molar-refractivity contribution in [2.75, 3.05) is 0 Å². The highest BCUT2D eigenvalue weighted by molar-refractivity contribution is 5.74. The molecule has 8 bridgehead atoms. The molecule has 0 aromatic heterocycles. The molecule has 0 saturated heterocycles. The van der Waals surface area contributed by atoms with Gasteiger partial charge in [0.25, 0.3) is 0 Å². The molecule has 6 unspecified atom stereocenters. The van der Waals surface area contributed by atoms with Crippen LogP contribution in [0.25, 0.3) is 0 Å². The topological polar surface area (TPSA) is 0 Å². The van der Waals surface area contributed by atoms with Crippen molar-refractivity contribution in [3.63, 3.8) is 0 Å². The molecule has 6 atom stereocenters. The van der Waals surface area contributed by atoms with Crippen LogP contribution in [0.4, 0.5) is 0 Å². The fourth-order valence-corrected chi connectivity index (χ4v) is 7.70. The SMILES string of the molecule is c1c2c3cc4c1C1C5CC2C2(C5)CC31C42. The predicted molar refractivity (Wildman–Crippen MR) is 56.1 cm³/mol. The summed E-state index contributed by atoms with van der Waals surface area (Å²) >= 11 is 0. The van der Waals surface area contributed by atoms with Crippen molar-refractivity contribution in [2.24, 2.45) is 11.3 Å². The minimum Gasteiger partial charge on any atom is -0.0546 e. The van der Waals surface area contributed by atoms with E-state index in [0.717, 1.165) is 34.5 Å². The summed E-state index contributed by atoms with van der Waals surface area (Å²) < 4.78 is 0. The lowest BCUT2D eigenvalue weighted by Gasteiger charge is -2.69. The number of fused-ring (bicyclic) bond motifs is 1. The normalized spacial score (nSPS) is 65.1. The first-order valence-electron chi connectivity index (χ1n) is 6.54. The van der Waals surface area contributed by atoms with Crippen molar-refractivity contribution >= 4 is 0 Å². The molecule has 8 rings (SSSR count). The van der Waals surface area contributed by atoms with E-state index in [0.29, 0.717) is 0 Å². The maximum Gasteiger partial charge on any atom is 0.0107 e. The van der Waals surface area contributed by atoms with E-state index in [1.807, 2.05) is 22.3 Å². The molecule has 3 fully saturated rings. The number of benzene rings is 1. The molecule has 7 aliphatic rings. The molecular weight excluding hydrogens is 180 g/mol. The number of hydrogen-bond donors (Lipinski definition) is 0. The number of hydrogen-bond acceptors (Lipinski definition) is 0. The van der Waals surface area contributed by atoms with Crippen LogP contribution >= 0.6 is 0 Å². The smallest absolute Gasteiger partial charge is 0.0107 e. The van der Waals surface area contributed by atoms with Crippen LogP contribution in [0.1, 0.15) is 59.3 Å². The van der Waals surface area contributed by atoms with Crippen LogP contribution in [0.5, 0.6) is 0 Å². The molecule has 0 nitrogen and oxygen atoms in total. The molecule has 7 aliphatic carbocycles. The van der Waals surface area contributed by atoms with Crippen molar-refractivity contribution in [1.82, 2.24) is 0 Å². The molecule has 0 radical (unpaired) electrons. The van der Waals surface area contributed by atoms with Gasteiger partial charge in [-0.2, -0.15) is 0 Å². The maximum absolute atomic E-state index is 2.64. The standard InChI is InChI=1S/C15H12/c1-6-4-14-5-15-11-3-8(13(14)15)7(12(6)15)2-9(11)10(1)14/h2-3,6,10,12-13H,1,4-5H2. The molecule has 0 heteroatoms. The summed E-state index contributed by atoms with van der Waals surface area (Å²) in [5.74, 6) is 4.14. The molecule has 3 saturated carbocycles. The Morgan fingerprint density at radius 1 is 1.13 bits per heavy atom. The maximum atomic E-state index is 2.64. The fourth-order valence-electron chi connectivity index (χ4n) is 7.70. The fraction of sp³-hybridized carbons (Fsp3) is 0.600. The second kappa shape index (κ2) is 1.22. The first kappa shape index (κ1) is 6.08. The number of rotatable bonds is 0. The summed E-state index contributed by atoms with van der Waals surface area (Å²) in [6.45, 7) is 0. The van der Waals surface area contributed by atoms with Crippen LogP contribution < -0.4 is 0 Å². The van der Waals surface area contributed by atoms with Gasteiger partial charge in [-0.15, -0.1) is 0 Å². The van der Waals surface area contributed by atoms with Crippen LogP contribution in [-0.4, -0.2) is 0 Å². The molecule has 1 aromatic carbocycles. The zero-order valence-electron chi connectivity index (χ0n) is 8.59. The third kappa shape index (κ3) is 0.286. The van der Waals surface area contributed by atoms with Gasteiger partial charge in [-0.25, -0.2) is 0 Å². The lowest BCUT2D eigenvalue weighted by molar-refractivity contribution is -0.0804. The first-order chi connectivity index (χ1) is 7.36. The predicted octanol–water partition coefficient (Wildman–Crippen LogP) is 3.03.